The lowest BCUT2D eigenvalue weighted by atomic mass is 10.1. The van der Waals surface area contributed by atoms with Gasteiger partial charge in [0.15, 0.2) is 0 Å². The minimum absolute atomic E-state index is 0.0898. The van der Waals surface area contributed by atoms with Gasteiger partial charge in [-0.25, -0.2) is 4.39 Å². The molecule has 1 N–H and O–H groups in total. The molecule has 36 heavy (non-hydrogen) atoms. The molecule has 0 saturated carbocycles. The van der Waals surface area contributed by atoms with E-state index < -0.39 is 11.8 Å². The summed E-state index contributed by atoms with van der Waals surface area (Å²) in [7, 11) is 0. The van der Waals surface area contributed by atoms with E-state index in [0.29, 0.717) is 42.2 Å². The van der Waals surface area contributed by atoms with E-state index in [1.54, 1.807) is 34.2 Å². The van der Waals surface area contributed by atoms with E-state index in [0.717, 1.165) is 26.1 Å². The molecule has 1 aliphatic heterocycles. The van der Waals surface area contributed by atoms with Crippen molar-refractivity contribution in [1.82, 2.24) is 14.8 Å². The number of halogens is 1. The van der Waals surface area contributed by atoms with Crippen molar-refractivity contribution >= 4 is 23.5 Å². The average molecular weight is 499 g/mol. The van der Waals surface area contributed by atoms with Gasteiger partial charge in [-0.1, -0.05) is 13.8 Å². The fraction of sp³-hybridized carbons (Fsp3) is 0.481. The summed E-state index contributed by atoms with van der Waals surface area (Å²) in [6, 6.07) is 7.64. The number of rotatable bonds is 6. The molecule has 3 rings (SSSR count). The van der Waals surface area contributed by atoms with E-state index in [4.69, 9.17) is 5.11 Å². The highest BCUT2D eigenvalue weighted by molar-refractivity contribution is 6.06. The van der Waals surface area contributed by atoms with Gasteiger partial charge in [0.2, 0.25) is 5.91 Å². The average Bonchev–Trinajstić information content (AvgIpc) is 2.84. The Labute approximate surface area is 211 Å². The first-order valence-corrected chi connectivity index (χ1v) is 12.5. The second-order valence-corrected chi connectivity index (χ2v) is 9.58. The fourth-order valence-electron chi connectivity index (χ4n) is 4.54. The Morgan fingerprint density at radius 1 is 1.06 bits per heavy atom. The summed E-state index contributed by atoms with van der Waals surface area (Å²) in [4.78, 5) is 47.2. The second kappa shape index (κ2) is 13.1. The monoisotopic (exact) mass is 498 g/mol. The number of hydrogen-bond acceptors (Lipinski definition) is 5. The summed E-state index contributed by atoms with van der Waals surface area (Å²) in [6.45, 7) is 7.68. The first kappa shape index (κ1) is 27.3. The van der Waals surface area contributed by atoms with Crippen LogP contribution in [0.15, 0.2) is 42.7 Å². The number of carbonyl (C=O) groups is 3. The summed E-state index contributed by atoms with van der Waals surface area (Å²) in [5.74, 6) is -1.59. The van der Waals surface area contributed by atoms with Crippen LogP contribution in [-0.2, 0) is 16.1 Å². The molecule has 0 saturated heterocycles. The third-order valence-electron chi connectivity index (χ3n) is 6.13. The van der Waals surface area contributed by atoms with E-state index >= 15 is 0 Å². The molecule has 0 atom stereocenters. The number of carbonyl (C=O) groups excluding carboxylic acids is 2. The first-order chi connectivity index (χ1) is 17.2. The lowest BCUT2D eigenvalue weighted by Crippen LogP contribution is -2.39. The molecule has 0 spiro atoms. The number of pyridine rings is 1. The molecule has 0 fully saturated rings. The van der Waals surface area contributed by atoms with Crippen LogP contribution in [-0.4, -0.2) is 70.4 Å². The highest BCUT2D eigenvalue weighted by atomic mass is 19.1. The Morgan fingerprint density at radius 2 is 1.81 bits per heavy atom. The first-order valence-electron chi connectivity index (χ1n) is 12.5. The number of aliphatic carboxylic acids is 1. The van der Waals surface area contributed by atoms with Crippen molar-refractivity contribution in [1.29, 1.82) is 0 Å². The van der Waals surface area contributed by atoms with Gasteiger partial charge in [0.05, 0.1) is 12.0 Å². The van der Waals surface area contributed by atoms with E-state index in [1.165, 1.54) is 18.3 Å². The van der Waals surface area contributed by atoms with Crippen molar-refractivity contribution in [3.05, 3.63) is 59.7 Å². The zero-order chi connectivity index (χ0) is 26.1. The van der Waals surface area contributed by atoms with Crippen LogP contribution in [0.3, 0.4) is 0 Å². The maximum atomic E-state index is 14.4. The third kappa shape index (κ3) is 7.84. The van der Waals surface area contributed by atoms with Crippen LogP contribution in [0.1, 0.15) is 55.5 Å². The Hall–Kier alpha value is -3.33. The number of anilines is 1. The molecule has 0 aliphatic carbocycles. The molecule has 2 heterocycles. The van der Waals surface area contributed by atoms with Gasteiger partial charge >= 0.3 is 5.97 Å². The highest BCUT2D eigenvalue weighted by Crippen LogP contribution is 2.26. The summed E-state index contributed by atoms with van der Waals surface area (Å²) in [6.07, 6.45) is 4.16. The second-order valence-electron chi connectivity index (χ2n) is 9.58. The molecule has 194 valence electrons. The number of nitrogens with zero attached hydrogens (tertiary/aromatic N) is 4. The van der Waals surface area contributed by atoms with Crippen molar-refractivity contribution in [2.24, 2.45) is 5.92 Å². The number of amides is 2. The number of carboxylic acid groups (broad SMARTS) is 1. The maximum Gasteiger partial charge on any atom is 0.303 e. The van der Waals surface area contributed by atoms with Crippen LogP contribution in [0.5, 0.6) is 0 Å². The molecule has 0 bridgehead atoms. The lowest BCUT2D eigenvalue weighted by Gasteiger charge is -2.32. The predicted molar refractivity (Wildman–Crippen MR) is 135 cm³/mol. The Balaban J connectivity index is 1.99. The molecule has 0 unspecified atom stereocenters. The zero-order valence-corrected chi connectivity index (χ0v) is 21.0. The summed E-state index contributed by atoms with van der Waals surface area (Å²) in [5, 5.41) is 9.05. The molecule has 0 radical (unpaired) electrons. The molecule has 1 aromatic heterocycles. The van der Waals surface area contributed by atoms with E-state index in [9.17, 15) is 18.8 Å². The van der Waals surface area contributed by atoms with E-state index in [2.05, 4.69) is 23.7 Å². The number of benzene rings is 1. The SMILES string of the molecule is CC(C)CN1CCCN(C(=O)CCC(=O)O)Cc2cc(F)ccc2N(C(=O)c2cccnc2)CCC1. The van der Waals surface area contributed by atoms with Crippen LogP contribution < -0.4 is 4.90 Å². The number of fused-ring (bicyclic) bond motifs is 1. The van der Waals surface area contributed by atoms with Gasteiger partial charge < -0.3 is 19.8 Å². The van der Waals surface area contributed by atoms with Crippen molar-refractivity contribution in [2.45, 2.75) is 46.1 Å². The molecular formula is C27H35FN4O4. The van der Waals surface area contributed by atoms with Crippen molar-refractivity contribution < 1.29 is 23.9 Å². The molecule has 1 aromatic carbocycles. The smallest absolute Gasteiger partial charge is 0.303 e. The number of carboxylic acids is 1. The molecule has 2 amide bonds. The van der Waals surface area contributed by atoms with E-state index in [1.807, 2.05) is 0 Å². The topological polar surface area (TPSA) is 94.0 Å². The standard InChI is InChI=1S/C27H35FN4O4/c1-20(2)18-30-12-4-14-31(25(33)9-10-26(34)35)19-22-16-23(28)7-8-24(22)32(15-5-13-30)27(36)21-6-3-11-29-17-21/h3,6-8,11,16-17,20H,4-5,9-10,12-15,18-19H2,1-2H3,(H,34,35). The Morgan fingerprint density at radius 3 is 2.47 bits per heavy atom. The van der Waals surface area contributed by atoms with Crippen molar-refractivity contribution in [2.75, 3.05) is 37.6 Å². The van der Waals surface area contributed by atoms with Crippen LogP contribution in [0, 0.1) is 11.7 Å². The van der Waals surface area contributed by atoms with Crippen LogP contribution in [0.2, 0.25) is 0 Å². The van der Waals surface area contributed by atoms with Crippen LogP contribution in [0.4, 0.5) is 10.1 Å². The molecule has 8 nitrogen and oxygen atoms in total. The third-order valence-corrected chi connectivity index (χ3v) is 6.13. The van der Waals surface area contributed by atoms with E-state index in [-0.39, 0.29) is 31.2 Å². The zero-order valence-electron chi connectivity index (χ0n) is 21.0. The summed E-state index contributed by atoms with van der Waals surface area (Å²) < 4.78 is 14.4. The highest BCUT2D eigenvalue weighted by Gasteiger charge is 2.25. The summed E-state index contributed by atoms with van der Waals surface area (Å²) in [5.41, 5.74) is 1.47. The Bertz CT molecular complexity index is 1050. The normalized spacial score (nSPS) is 15.7. The predicted octanol–water partition coefficient (Wildman–Crippen LogP) is 3.81. The largest absolute Gasteiger partial charge is 0.481 e. The number of aromatic nitrogens is 1. The van der Waals surface area contributed by atoms with Gasteiger partial charge in [-0.2, -0.15) is 0 Å². The number of hydrogen-bond donors (Lipinski definition) is 1. The molecule has 9 heteroatoms. The van der Waals surface area contributed by atoms with Crippen molar-refractivity contribution in [3.63, 3.8) is 0 Å². The van der Waals surface area contributed by atoms with Crippen molar-refractivity contribution in [3.8, 4) is 0 Å². The van der Waals surface area contributed by atoms with Gasteiger partial charge in [0.1, 0.15) is 5.82 Å². The van der Waals surface area contributed by atoms with Gasteiger partial charge in [-0.3, -0.25) is 19.4 Å². The Kier molecular flexibility index (Phi) is 9.93. The van der Waals surface area contributed by atoms with Crippen LogP contribution in [0.25, 0.3) is 0 Å². The van der Waals surface area contributed by atoms with Gasteiger partial charge in [0, 0.05) is 50.7 Å². The quantitative estimate of drug-likeness (QED) is 0.651. The fourth-order valence-corrected chi connectivity index (χ4v) is 4.54. The minimum atomic E-state index is -1.04. The summed E-state index contributed by atoms with van der Waals surface area (Å²) >= 11 is 0. The van der Waals surface area contributed by atoms with Crippen LogP contribution >= 0.6 is 0 Å². The van der Waals surface area contributed by atoms with Gasteiger partial charge in [-0.15, -0.1) is 0 Å². The van der Waals surface area contributed by atoms with Gasteiger partial charge in [-0.05, 0) is 67.7 Å². The lowest BCUT2D eigenvalue weighted by molar-refractivity contribution is -0.141. The maximum absolute atomic E-state index is 14.4. The minimum Gasteiger partial charge on any atom is -0.481 e. The molecule has 1 aliphatic rings. The van der Waals surface area contributed by atoms with Gasteiger partial charge in [0.25, 0.3) is 5.91 Å². The molecule has 2 aromatic rings. The molecular weight excluding hydrogens is 463 g/mol.